The van der Waals surface area contributed by atoms with E-state index in [0.29, 0.717) is 43.3 Å². The van der Waals surface area contributed by atoms with Gasteiger partial charge in [0.25, 0.3) is 11.1 Å². The average molecular weight is 563 g/mol. The van der Waals surface area contributed by atoms with Gasteiger partial charge >= 0.3 is 5.97 Å². The molecule has 2 aliphatic heterocycles. The van der Waals surface area contributed by atoms with Crippen LogP contribution < -0.4 is 14.2 Å². The van der Waals surface area contributed by atoms with Crippen LogP contribution >= 0.6 is 46.6 Å². The number of fused-ring (bicyclic) bond motifs is 1. The molecule has 3 aromatic rings. The van der Waals surface area contributed by atoms with Crippen LogP contribution in [0.2, 0.25) is 15.1 Å². The highest BCUT2D eigenvalue weighted by molar-refractivity contribution is 8.18. The molecule has 0 spiro atoms. The van der Waals surface area contributed by atoms with Gasteiger partial charge in [-0.1, -0.05) is 34.8 Å². The molecule has 2 aliphatic rings. The summed E-state index contributed by atoms with van der Waals surface area (Å²) in [7, 11) is 0. The summed E-state index contributed by atoms with van der Waals surface area (Å²) in [6.45, 7) is 0.0232. The fourth-order valence-corrected chi connectivity index (χ4v) is 4.85. The third-order valence-corrected chi connectivity index (χ3v) is 7.03. The highest BCUT2D eigenvalue weighted by atomic mass is 35.5. The van der Waals surface area contributed by atoms with Crippen molar-refractivity contribution in [1.29, 1.82) is 0 Å². The van der Waals surface area contributed by atoms with Crippen LogP contribution in [-0.4, -0.2) is 28.8 Å². The minimum Gasteiger partial charge on any atom is -0.454 e. The summed E-state index contributed by atoms with van der Waals surface area (Å²) < 4.78 is 16.2. The van der Waals surface area contributed by atoms with Crippen molar-refractivity contribution in [2.24, 2.45) is 0 Å². The highest BCUT2D eigenvalue weighted by Crippen LogP contribution is 2.40. The SMILES string of the molecule is O=C(Oc1ccc(Cl)cc1/C=C1\SC(=O)N(Cc2cc3c(cc2Cl)OCO3)C1=O)c1ccc(Cl)cc1. The van der Waals surface area contributed by atoms with Gasteiger partial charge in [-0.2, -0.15) is 0 Å². The first-order valence-corrected chi connectivity index (χ1v) is 12.3. The van der Waals surface area contributed by atoms with Crippen LogP contribution in [0.3, 0.4) is 0 Å². The topological polar surface area (TPSA) is 82.1 Å². The number of carbonyl (C=O) groups is 3. The molecule has 0 aliphatic carbocycles. The van der Waals surface area contributed by atoms with Gasteiger partial charge < -0.3 is 14.2 Å². The first-order valence-electron chi connectivity index (χ1n) is 10.4. The molecule has 5 rings (SSSR count). The fraction of sp³-hybridized carbons (Fsp3) is 0.0800. The van der Waals surface area contributed by atoms with Crippen LogP contribution in [0.5, 0.6) is 17.2 Å². The first kappa shape index (κ1) is 24.5. The molecule has 2 heterocycles. The lowest BCUT2D eigenvalue weighted by Gasteiger charge is -2.14. The van der Waals surface area contributed by atoms with Crippen molar-refractivity contribution in [1.82, 2.24) is 4.90 Å². The molecule has 0 atom stereocenters. The van der Waals surface area contributed by atoms with Gasteiger partial charge in [0.15, 0.2) is 11.5 Å². The first-order chi connectivity index (χ1) is 17.3. The number of esters is 1. The van der Waals surface area contributed by atoms with Gasteiger partial charge in [0.2, 0.25) is 6.79 Å². The maximum absolute atomic E-state index is 13.1. The van der Waals surface area contributed by atoms with Crippen molar-refractivity contribution in [3.05, 3.63) is 91.3 Å². The lowest BCUT2D eigenvalue weighted by molar-refractivity contribution is -0.123. The van der Waals surface area contributed by atoms with Crippen molar-refractivity contribution in [3.8, 4) is 17.2 Å². The van der Waals surface area contributed by atoms with Crippen LogP contribution in [-0.2, 0) is 11.3 Å². The number of ether oxygens (including phenoxy) is 3. The molecule has 1 fully saturated rings. The van der Waals surface area contributed by atoms with Crippen molar-refractivity contribution in [3.63, 3.8) is 0 Å². The Morgan fingerprint density at radius 3 is 2.42 bits per heavy atom. The smallest absolute Gasteiger partial charge is 0.343 e. The Bertz CT molecular complexity index is 1440. The summed E-state index contributed by atoms with van der Waals surface area (Å²) in [4.78, 5) is 39.6. The largest absolute Gasteiger partial charge is 0.454 e. The minimum atomic E-state index is -0.616. The van der Waals surface area contributed by atoms with E-state index in [1.807, 2.05) is 0 Å². The number of thioether (sulfide) groups is 1. The van der Waals surface area contributed by atoms with Crippen LogP contribution in [0.1, 0.15) is 21.5 Å². The lowest BCUT2D eigenvalue weighted by Crippen LogP contribution is -2.27. The number of nitrogens with zero attached hydrogens (tertiary/aromatic N) is 1. The van der Waals surface area contributed by atoms with E-state index in [0.717, 1.165) is 16.7 Å². The average Bonchev–Trinajstić information content (AvgIpc) is 3.40. The van der Waals surface area contributed by atoms with Gasteiger partial charge in [0.1, 0.15) is 5.75 Å². The van der Waals surface area contributed by atoms with Gasteiger partial charge in [-0.15, -0.1) is 0 Å². The highest BCUT2D eigenvalue weighted by Gasteiger charge is 2.36. The molecule has 0 bridgehead atoms. The predicted molar refractivity (Wildman–Crippen MR) is 137 cm³/mol. The van der Waals surface area contributed by atoms with Crippen LogP contribution in [0.25, 0.3) is 6.08 Å². The number of hydrogen-bond donors (Lipinski definition) is 0. The molecule has 0 saturated carbocycles. The van der Waals surface area contributed by atoms with E-state index in [-0.39, 0.29) is 24.0 Å². The third kappa shape index (κ3) is 5.03. The molecule has 0 N–H and O–H groups in total. The van der Waals surface area contributed by atoms with Crippen LogP contribution in [0, 0.1) is 0 Å². The Kier molecular flexibility index (Phi) is 6.85. The molecule has 2 amide bonds. The maximum atomic E-state index is 13.1. The van der Waals surface area contributed by atoms with Crippen LogP contribution in [0.4, 0.5) is 4.79 Å². The Balaban J connectivity index is 1.39. The summed E-state index contributed by atoms with van der Waals surface area (Å²) in [5.41, 5.74) is 1.18. The summed E-state index contributed by atoms with van der Waals surface area (Å²) in [6.07, 6.45) is 1.46. The van der Waals surface area contributed by atoms with E-state index in [2.05, 4.69) is 0 Å². The molecule has 0 aromatic heterocycles. The number of halogens is 3. The van der Waals surface area contributed by atoms with E-state index in [9.17, 15) is 14.4 Å². The molecule has 182 valence electrons. The number of benzene rings is 3. The second-order valence-electron chi connectivity index (χ2n) is 7.64. The monoisotopic (exact) mass is 561 g/mol. The second kappa shape index (κ2) is 10.1. The van der Waals surface area contributed by atoms with E-state index in [1.165, 1.54) is 30.3 Å². The zero-order valence-electron chi connectivity index (χ0n) is 18.1. The van der Waals surface area contributed by atoms with E-state index >= 15 is 0 Å². The lowest BCUT2D eigenvalue weighted by atomic mass is 10.1. The summed E-state index contributed by atoms with van der Waals surface area (Å²) in [6, 6.07) is 14.0. The van der Waals surface area contributed by atoms with Gasteiger partial charge in [-0.3, -0.25) is 14.5 Å². The molecule has 7 nitrogen and oxygen atoms in total. The molecular weight excluding hydrogens is 549 g/mol. The van der Waals surface area contributed by atoms with E-state index in [4.69, 9.17) is 49.0 Å². The Morgan fingerprint density at radius 2 is 1.67 bits per heavy atom. The summed E-state index contributed by atoms with van der Waals surface area (Å²) >= 11 is 19.1. The predicted octanol–water partition coefficient (Wildman–Crippen LogP) is 6.83. The molecular formula is C25H14Cl3NO6S. The van der Waals surface area contributed by atoms with Crippen molar-refractivity contribution in [2.45, 2.75) is 6.54 Å². The number of amides is 2. The zero-order valence-corrected chi connectivity index (χ0v) is 21.2. The van der Waals surface area contributed by atoms with Gasteiger partial charge in [0, 0.05) is 26.7 Å². The van der Waals surface area contributed by atoms with E-state index in [1.54, 1.807) is 30.3 Å². The van der Waals surface area contributed by atoms with Crippen LogP contribution in [0.15, 0.2) is 59.5 Å². The van der Waals surface area contributed by atoms with Gasteiger partial charge in [0.05, 0.1) is 17.0 Å². The molecule has 0 unspecified atom stereocenters. The van der Waals surface area contributed by atoms with Gasteiger partial charge in [-0.25, -0.2) is 4.79 Å². The Hall–Kier alpha value is -3.17. The fourth-order valence-electron chi connectivity index (χ4n) is 3.50. The second-order valence-corrected chi connectivity index (χ2v) is 9.92. The van der Waals surface area contributed by atoms with E-state index < -0.39 is 17.1 Å². The zero-order chi connectivity index (χ0) is 25.4. The molecule has 36 heavy (non-hydrogen) atoms. The molecule has 3 aromatic carbocycles. The van der Waals surface area contributed by atoms with Crippen molar-refractivity contribution in [2.75, 3.05) is 6.79 Å². The number of rotatable bonds is 5. The number of carbonyl (C=O) groups excluding carboxylic acids is 3. The van der Waals surface area contributed by atoms with Crippen molar-refractivity contribution < 1.29 is 28.6 Å². The Labute approximate surface area is 224 Å². The van der Waals surface area contributed by atoms with Gasteiger partial charge in [-0.05, 0) is 71.9 Å². The standard InChI is InChI=1S/C25H14Cl3NO6S/c26-16-3-1-13(2-4-16)24(31)35-19-6-5-17(27)7-14(19)9-22-23(30)29(25(32)36-22)11-15-8-20-21(10-18(15)28)34-12-33-20/h1-10H,11-12H2/b22-9-. The normalized spacial score (nSPS) is 15.6. The number of hydrogen-bond acceptors (Lipinski definition) is 7. The maximum Gasteiger partial charge on any atom is 0.343 e. The number of imide groups is 1. The molecule has 0 radical (unpaired) electrons. The summed E-state index contributed by atoms with van der Waals surface area (Å²) in [5.74, 6) is 0.0234. The Morgan fingerprint density at radius 1 is 0.972 bits per heavy atom. The third-order valence-electron chi connectivity index (χ3n) is 5.28. The van der Waals surface area contributed by atoms with Crippen molar-refractivity contribution >= 4 is 69.8 Å². The molecule has 1 saturated heterocycles. The quantitative estimate of drug-likeness (QED) is 0.191. The molecule has 11 heteroatoms. The minimum absolute atomic E-state index is 0.0502. The summed E-state index contributed by atoms with van der Waals surface area (Å²) in [5, 5.41) is 0.714.